The fourth-order valence-electron chi connectivity index (χ4n) is 0.633. The van der Waals surface area contributed by atoms with E-state index in [9.17, 15) is 0 Å². The highest BCUT2D eigenvalue weighted by Gasteiger charge is 2.27. The molecule has 0 heterocycles. The Morgan fingerprint density at radius 2 is 2.29 bits per heavy atom. The van der Waals surface area contributed by atoms with E-state index in [0.717, 1.165) is 12.8 Å². The third-order valence-electron chi connectivity index (χ3n) is 1.40. The van der Waals surface area contributed by atoms with Crippen LogP contribution < -0.4 is 0 Å². The van der Waals surface area contributed by atoms with Gasteiger partial charge in [0.1, 0.15) is 0 Å². The van der Waals surface area contributed by atoms with Gasteiger partial charge < -0.3 is 5.11 Å². The van der Waals surface area contributed by atoms with E-state index in [-0.39, 0.29) is 12.0 Å². The van der Waals surface area contributed by atoms with E-state index in [1.165, 1.54) is 0 Å². The van der Waals surface area contributed by atoms with E-state index in [4.69, 9.17) is 10.4 Å². The van der Waals surface area contributed by atoms with Crippen molar-refractivity contribution in [1.82, 2.24) is 0 Å². The van der Waals surface area contributed by atoms with Crippen molar-refractivity contribution in [1.29, 1.82) is 5.26 Å². The summed E-state index contributed by atoms with van der Waals surface area (Å²) in [5.74, 6) is -0.0556. The summed E-state index contributed by atoms with van der Waals surface area (Å²) in [4.78, 5) is 0. The minimum Gasteiger partial charge on any atom is -0.392 e. The Bertz CT molecular complexity index is 105. The van der Waals surface area contributed by atoms with Crippen molar-refractivity contribution in [2.24, 2.45) is 5.92 Å². The molecule has 0 aliphatic heterocycles. The van der Waals surface area contributed by atoms with Gasteiger partial charge in [0.15, 0.2) is 0 Å². The predicted molar refractivity (Wildman–Crippen MR) is 24.3 cm³/mol. The maximum atomic E-state index is 8.69. The Hall–Kier alpha value is -0.550. The molecule has 0 aromatic carbocycles. The summed E-state index contributed by atoms with van der Waals surface area (Å²) < 4.78 is 0. The summed E-state index contributed by atoms with van der Waals surface area (Å²) in [5, 5.41) is 16.8. The molecule has 2 heteroatoms. The molecular formula is C5H7NO. The van der Waals surface area contributed by atoms with E-state index in [1.54, 1.807) is 0 Å². The Labute approximate surface area is 42.4 Å². The van der Waals surface area contributed by atoms with Gasteiger partial charge >= 0.3 is 0 Å². The smallest absolute Gasteiger partial charge is 0.0723 e. The molecule has 2 atom stereocenters. The van der Waals surface area contributed by atoms with Crippen LogP contribution in [0.2, 0.25) is 0 Å². The van der Waals surface area contributed by atoms with Crippen molar-refractivity contribution in [3.05, 3.63) is 0 Å². The quantitative estimate of drug-likeness (QED) is 0.472. The zero-order valence-electron chi connectivity index (χ0n) is 3.96. The fraction of sp³-hybridized carbons (Fsp3) is 0.800. The lowest BCUT2D eigenvalue weighted by atomic mass is 9.83. The molecule has 1 aliphatic rings. The summed E-state index contributed by atoms with van der Waals surface area (Å²) in [6, 6.07) is 2.00. The topological polar surface area (TPSA) is 44.0 Å². The van der Waals surface area contributed by atoms with Crippen molar-refractivity contribution in [2.75, 3.05) is 0 Å². The van der Waals surface area contributed by atoms with Gasteiger partial charge in [-0.05, 0) is 12.8 Å². The van der Waals surface area contributed by atoms with Crippen LogP contribution in [-0.2, 0) is 0 Å². The zero-order valence-corrected chi connectivity index (χ0v) is 3.96. The fourth-order valence-corrected chi connectivity index (χ4v) is 0.633. The first-order chi connectivity index (χ1) is 3.34. The minimum absolute atomic E-state index is 0.0556. The molecule has 0 bridgehead atoms. The number of aliphatic hydroxyl groups is 1. The molecule has 0 aromatic heterocycles. The molecule has 1 saturated carbocycles. The van der Waals surface area contributed by atoms with Crippen molar-refractivity contribution in [3.63, 3.8) is 0 Å². The maximum Gasteiger partial charge on any atom is 0.0723 e. The lowest BCUT2D eigenvalue weighted by molar-refractivity contribution is 0.0539. The Kier molecular flexibility index (Phi) is 0.994. The summed E-state index contributed by atoms with van der Waals surface area (Å²) in [6.07, 6.45) is 1.39. The van der Waals surface area contributed by atoms with Crippen molar-refractivity contribution in [2.45, 2.75) is 18.9 Å². The highest BCUT2D eigenvalue weighted by molar-refractivity contribution is 4.95. The molecule has 1 rings (SSSR count). The van der Waals surface area contributed by atoms with Gasteiger partial charge in [0.05, 0.1) is 18.1 Å². The van der Waals surface area contributed by atoms with Gasteiger partial charge in [0.25, 0.3) is 0 Å². The largest absolute Gasteiger partial charge is 0.392 e. The lowest BCUT2D eigenvalue weighted by Gasteiger charge is -2.25. The third-order valence-corrected chi connectivity index (χ3v) is 1.40. The number of aliphatic hydroxyl groups excluding tert-OH is 1. The molecular weight excluding hydrogens is 90.1 g/mol. The number of nitriles is 1. The van der Waals surface area contributed by atoms with E-state index in [1.807, 2.05) is 6.07 Å². The van der Waals surface area contributed by atoms with Gasteiger partial charge in [0.2, 0.25) is 0 Å². The first kappa shape index (κ1) is 4.61. The number of hydrogen-bond acceptors (Lipinski definition) is 2. The highest BCUT2D eigenvalue weighted by Crippen LogP contribution is 2.25. The van der Waals surface area contributed by atoms with Crippen LogP contribution in [0.1, 0.15) is 12.8 Å². The van der Waals surface area contributed by atoms with Gasteiger partial charge in [-0.15, -0.1) is 0 Å². The van der Waals surface area contributed by atoms with Gasteiger partial charge in [-0.25, -0.2) is 0 Å². The zero-order chi connectivity index (χ0) is 5.28. The Balaban J connectivity index is 2.33. The average Bonchev–Trinajstić information content (AvgIpc) is 1.65. The first-order valence-electron chi connectivity index (χ1n) is 2.42. The van der Waals surface area contributed by atoms with Crippen molar-refractivity contribution in [3.8, 4) is 6.07 Å². The van der Waals surface area contributed by atoms with E-state index in [2.05, 4.69) is 0 Å². The van der Waals surface area contributed by atoms with Crippen LogP contribution in [0.3, 0.4) is 0 Å². The van der Waals surface area contributed by atoms with E-state index < -0.39 is 0 Å². The SMILES string of the molecule is N#C[C@H]1CC[C@@H]1O. The van der Waals surface area contributed by atoms with Gasteiger partial charge in [-0.2, -0.15) is 5.26 Å². The number of nitrogens with zero attached hydrogens (tertiary/aromatic N) is 1. The summed E-state index contributed by atoms with van der Waals surface area (Å²) >= 11 is 0. The van der Waals surface area contributed by atoms with Crippen LogP contribution >= 0.6 is 0 Å². The van der Waals surface area contributed by atoms with Crippen LogP contribution in [-0.4, -0.2) is 11.2 Å². The summed E-state index contributed by atoms with van der Waals surface area (Å²) in [7, 11) is 0. The molecule has 1 aliphatic carbocycles. The number of rotatable bonds is 0. The minimum atomic E-state index is -0.315. The summed E-state index contributed by atoms with van der Waals surface area (Å²) in [6.45, 7) is 0. The molecule has 7 heavy (non-hydrogen) atoms. The standard InChI is InChI=1S/C5H7NO/c6-3-4-1-2-5(4)7/h4-5,7H,1-2H2/t4-,5+/m1/s1. The second-order valence-electron chi connectivity index (χ2n) is 1.88. The van der Waals surface area contributed by atoms with Gasteiger partial charge in [-0.3, -0.25) is 0 Å². The number of hydrogen-bond donors (Lipinski definition) is 1. The molecule has 1 fully saturated rings. The molecule has 0 radical (unpaired) electrons. The molecule has 0 unspecified atom stereocenters. The highest BCUT2D eigenvalue weighted by atomic mass is 16.3. The van der Waals surface area contributed by atoms with Crippen LogP contribution in [0.15, 0.2) is 0 Å². The van der Waals surface area contributed by atoms with Crippen LogP contribution in [0.25, 0.3) is 0 Å². The Morgan fingerprint density at radius 3 is 2.29 bits per heavy atom. The van der Waals surface area contributed by atoms with Crippen LogP contribution in [0.5, 0.6) is 0 Å². The van der Waals surface area contributed by atoms with Crippen molar-refractivity contribution < 1.29 is 5.11 Å². The second-order valence-corrected chi connectivity index (χ2v) is 1.88. The second kappa shape index (κ2) is 1.51. The maximum absolute atomic E-state index is 8.69. The molecule has 0 saturated heterocycles. The third kappa shape index (κ3) is 0.594. The van der Waals surface area contributed by atoms with E-state index in [0.29, 0.717) is 0 Å². The molecule has 0 spiro atoms. The van der Waals surface area contributed by atoms with Crippen LogP contribution in [0, 0.1) is 17.2 Å². The van der Waals surface area contributed by atoms with Crippen LogP contribution in [0.4, 0.5) is 0 Å². The Morgan fingerprint density at radius 1 is 1.57 bits per heavy atom. The van der Waals surface area contributed by atoms with E-state index >= 15 is 0 Å². The molecule has 0 aromatic rings. The normalized spacial score (nSPS) is 38.9. The molecule has 38 valence electrons. The molecule has 1 N–H and O–H groups in total. The monoisotopic (exact) mass is 97.1 g/mol. The first-order valence-corrected chi connectivity index (χ1v) is 2.42. The molecule has 0 amide bonds. The average molecular weight is 97.1 g/mol. The van der Waals surface area contributed by atoms with Gasteiger partial charge in [-0.1, -0.05) is 0 Å². The lowest BCUT2D eigenvalue weighted by Crippen LogP contribution is -2.29. The van der Waals surface area contributed by atoms with Crippen molar-refractivity contribution >= 4 is 0 Å². The molecule has 2 nitrogen and oxygen atoms in total. The van der Waals surface area contributed by atoms with Gasteiger partial charge in [0, 0.05) is 0 Å². The summed E-state index contributed by atoms with van der Waals surface area (Å²) in [5.41, 5.74) is 0. The predicted octanol–water partition coefficient (Wildman–Crippen LogP) is 0.281.